The molecular formula is C23H22N4O4. The second kappa shape index (κ2) is 8.23. The fourth-order valence-corrected chi connectivity index (χ4v) is 3.59. The normalized spacial score (nSPS) is 15.1. The number of aryl methyl sites for hydroxylation is 1. The van der Waals surface area contributed by atoms with Gasteiger partial charge in [0.15, 0.2) is 17.3 Å². The molecule has 0 saturated carbocycles. The average Bonchev–Trinajstić information content (AvgIpc) is 3.27. The molecule has 2 aliphatic rings. The number of rotatable bonds is 4. The third kappa shape index (κ3) is 4.15. The van der Waals surface area contributed by atoms with Gasteiger partial charge in [0.25, 0.3) is 5.91 Å². The topological polar surface area (TPSA) is 85.8 Å². The standard InChI is InChI=1S/C23H22N4O4/c1-15-12-21(26-22(24-15)17-4-7-19-20(13-17)31-14-30-19)25-18-5-2-16(3-6-18)23(28)27-8-10-29-11-9-27/h2-7,12-13H,8-11,14H2,1H3,(H,24,25,26). The number of amides is 1. The molecule has 2 aromatic carbocycles. The van der Waals surface area contributed by atoms with Crippen molar-refractivity contribution in [2.24, 2.45) is 0 Å². The van der Waals surface area contributed by atoms with Crippen molar-refractivity contribution in [2.45, 2.75) is 6.92 Å². The molecule has 31 heavy (non-hydrogen) atoms. The molecule has 3 heterocycles. The summed E-state index contributed by atoms with van der Waals surface area (Å²) in [6.07, 6.45) is 0. The first kappa shape index (κ1) is 19.3. The van der Waals surface area contributed by atoms with E-state index < -0.39 is 0 Å². The number of anilines is 2. The number of hydrogen-bond acceptors (Lipinski definition) is 7. The van der Waals surface area contributed by atoms with Gasteiger partial charge in [0, 0.05) is 41.7 Å². The van der Waals surface area contributed by atoms with Crippen LogP contribution in [-0.2, 0) is 4.74 Å². The highest BCUT2D eigenvalue weighted by molar-refractivity contribution is 5.94. The zero-order valence-corrected chi connectivity index (χ0v) is 17.1. The van der Waals surface area contributed by atoms with Crippen molar-refractivity contribution < 1.29 is 19.0 Å². The zero-order valence-electron chi connectivity index (χ0n) is 17.1. The lowest BCUT2D eigenvalue weighted by atomic mass is 10.1. The quantitative estimate of drug-likeness (QED) is 0.695. The predicted molar refractivity (Wildman–Crippen MR) is 115 cm³/mol. The number of hydrogen-bond donors (Lipinski definition) is 1. The maximum atomic E-state index is 12.6. The Balaban J connectivity index is 1.33. The minimum atomic E-state index is 0.0258. The van der Waals surface area contributed by atoms with Crippen LogP contribution in [0, 0.1) is 6.92 Å². The molecule has 0 aliphatic carbocycles. The number of benzene rings is 2. The van der Waals surface area contributed by atoms with Gasteiger partial charge in [-0.25, -0.2) is 9.97 Å². The van der Waals surface area contributed by atoms with Gasteiger partial charge in [-0.15, -0.1) is 0 Å². The van der Waals surface area contributed by atoms with E-state index in [2.05, 4.69) is 15.3 Å². The molecular weight excluding hydrogens is 396 g/mol. The molecule has 8 heteroatoms. The van der Waals surface area contributed by atoms with Gasteiger partial charge in [0.05, 0.1) is 13.2 Å². The lowest BCUT2D eigenvalue weighted by Gasteiger charge is -2.26. The van der Waals surface area contributed by atoms with Crippen molar-refractivity contribution in [3.05, 3.63) is 59.8 Å². The molecule has 0 radical (unpaired) electrons. The van der Waals surface area contributed by atoms with Crippen LogP contribution in [0.4, 0.5) is 11.5 Å². The molecule has 1 fully saturated rings. The van der Waals surface area contributed by atoms with E-state index >= 15 is 0 Å². The summed E-state index contributed by atoms with van der Waals surface area (Å²) in [6.45, 7) is 4.58. The Hall–Kier alpha value is -3.65. The van der Waals surface area contributed by atoms with Crippen molar-refractivity contribution in [1.29, 1.82) is 0 Å². The van der Waals surface area contributed by atoms with Gasteiger partial charge >= 0.3 is 0 Å². The fraction of sp³-hybridized carbons (Fsp3) is 0.261. The van der Waals surface area contributed by atoms with Gasteiger partial charge in [0.1, 0.15) is 5.82 Å². The minimum Gasteiger partial charge on any atom is -0.454 e. The van der Waals surface area contributed by atoms with Crippen LogP contribution in [0.25, 0.3) is 11.4 Å². The minimum absolute atomic E-state index is 0.0258. The van der Waals surface area contributed by atoms with E-state index in [0.717, 1.165) is 22.7 Å². The Morgan fingerprint density at radius 2 is 1.74 bits per heavy atom. The molecule has 0 bridgehead atoms. The van der Waals surface area contributed by atoms with E-state index in [-0.39, 0.29) is 12.7 Å². The highest BCUT2D eigenvalue weighted by Crippen LogP contribution is 2.35. The van der Waals surface area contributed by atoms with Gasteiger partial charge in [-0.3, -0.25) is 4.79 Å². The summed E-state index contributed by atoms with van der Waals surface area (Å²) in [4.78, 5) is 23.6. The molecule has 0 spiro atoms. The summed E-state index contributed by atoms with van der Waals surface area (Å²) in [6, 6.07) is 14.9. The number of carbonyl (C=O) groups excluding carboxylic acids is 1. The number of morpholine rings is 1. The van der Waals surface area contributed by atoms with Crippen molar-refractivity contribution in [1.82, 2.24) is 14.9 Å². The highest BCUT2D eigenvalue weighted by atomic mass is 16.7. The molecule has 1 N–H and O–H groups in total. The summed E-state index contributed by atoms with van der Waals surface area (Å²) < 4.78 is 16.1. The highest BCUT2D eigenvalue weighted by Gasteiger charge is 2.18. The average molecular weight is 418 g/mol. The van der Waals surface area contributed by atoms with Crippen LogP contribution in [0.3, 0.4) is 0 Å². The molecule has 1 amide bonds. The van der Waals surface area contributed by atoms with E-state index in [0.29, 0.717) is 49.3 Å². The number of fused-ring (bicyclic) bond motifs is 1. The SMILES string of the molecule is Cc1cc(Nc2ccc(C(=O)N3CCOCC3)cc2)nc(-c2ccc3c(c2)OCO3)n1. The first-order valence-electron chi connectivity index (χ1n) is 10.2. The summed E-state index contributed by atoms with van der Waals surface area (Å²) >= 11 is 0. The van der Waals surface area contributed by atoms with Gasteiger partial charge in [-0.05, 0) is 49.4 Å². The first-order chi connectivity index (χ1) is 15.2. The second-order valence-electron chi connectivity index (χ2n) is 7.39. The molecule has 3 aromatic rings. The molecule has 158 valence electrons. The summed E-state index contributed by atoms with van der Waals surface area (Å²) in [7, 11) is 0. The zero-order chi connectivity index (χ0) is 21.2. The Bertz CT molecular complexity index is 1110. The monoisotopic (exact) mass is 418 g/mol. The lowest BCUT2D eigenvalue weighted by molar-refractivity contribution is 0.0303. The number of carbonyl (C=O) groups is 1. The van der Waals surface area contributed by atoms with Crippen molar-refractivity contribution in [3.63, 3.8) is 0 Å². The van der Waals surface area contributed by atoms with Crippen molar-refractivity contribution in [3.8, 4) is 22.9 Å². The maximum absolute atomic E-state index is 12.6. The lowest BCUT2D eigenvalue weighted by Crippen LogP contribution is -2.40. The predicted octanol–water partition coefficient (Wildman–Crippen LogP) is 3.40. The molecule has 2 aliphatic heterocycles. The van der Waals surface area contributed by atoms with E-state index in [1.165, 1.54) is 0 Å². The first-order valence-corrected chi connectivity index (χ1v) is 10.2. The van der Waals surface area contributed by atoms with Crippen LogP contribution in [-0.4, -0.2) is 53.9 Å². The molecule has 1 saturated heterocycles. The number of nitrogens with one attached hydrogen (secondary N) is 1. The van der Waals surface area contributed by atoms with E-state index in [4.69, 9.17) is 14.2 Å². The van der Waals surface area contributed by atoms with Crippen LogP contribution < -0.4 is 14.8 Å². The van der Waals surface area contributed by atoms with Gasteiger partial charge in [-0.1, -0.05) is 0 Å². The second-order valence-corrected chi connectivity index (χ2v) is 7.39. The van der Waals surface area contributed by atoms with Gasteiger partial charge < -0.3 is 24.4 Å². The van der Waals surface area contributed by atoms with Crippen LogP contribution in [0.15, 0.2) is 48.5 Å². The summed E-state index contributed by atoms with van der Waals surface area (Å²) in [5, 5.41) is 3.30. The maximum Gasteiger partial charge on any atom is 0.254 e. The van der Waals surface area contributed by atoms with E-state index in [1.54, 1.807) is 0 Å². The number of aromatic nitrogens is 2. The Labute approximate surface area is 179 Å². The third-order valence-corrected chi connectivity index (χ3v) is 5.19. The number of ether oxygens (including phenoxy) is 3. The Morgan fingerprint density at radius 1 is 0.968 bits per heavy atom. The van der Waals surface area contributed by atoms with Crippen LogP contribution >= 0.6 is 0 Å². The number of nitrogens with zero attached hydrogens (tertiary/aromatic N) is 3. The van der Waals surface area contributed by atoms with Crippen LogP contribution in [0.1, 0.15) is 16.1 Å². The van der Waals surface area contributed by atoms with E-state index in [1.807, 2.05) is 60.4 Å². The van der Waals surface area contributed by atoms with Crippen molar-refractivity contribution >= 4 is 17.4 Å². The molecule has 0 unspecified atom stereocenters. The molecule has 5 rings (SSSR count). The largest absolute Gasteiger partial charge is 0.454 e. The fourth-order valence-electron chi connectivity index (χ4n) is 3.59. The molecule has 0 atom stereocenters. The summed E-state index contributed by atoms with van der Waals surface area (Å²) in [5.74, 6) is 2.71. The molecule has 8 nitrogen and oxygen atoms in total. The third-order valence-electron chi connectivity index (χ3n) is 5.19. The van der Waals surface area contributed by atoms with Crippen molar-refractivity contribution in [2.75, 3.05) is 38.4 Å². The van der Waals surface area contributed by atoms with Crippen LogP contribution in [0.5, 0.6) is 11.5 Å². The Kier molecular flexibility index (Phi) is 5.13. The smallest absolute Gasteiger partial charge is 0.254 e. The van der Waals surface area contributed by atoms with Crippen LogP contribution in [0.2, 0.25) is 0 Å². The molecule has 1 aromatic heterocycles. The van der Waals surface area contributed by atoms with Gasteiger partial charge in [0.2, 0.25) is 6.79 Å². The van der Waals surface area contributed by atoms with E-state index in [9.17, 15) is 4.79 Å². The Morgan fingerprint density at radius 3 is 2.55 bits per heavy atom. The van der Waals surface area contributed by atoms with Gasteiger partial charge in [-0.2, -0.15) is 0 Å². The summed E-state index contributed by atoms with van der Waals surface area (Å²) in [5.41, 5.74) is 3.19.